The van der Waals surface area contributed by atoms with E-state index in [-0.39, 0.29) is 23.8 Å². The molecular weight excluding hydrogens is 222 g/mol. The zero-order valence-electron chi connectivity index (χ0n) is 9.19. The number of amides is 1. The summed E-state index contributed by atoms with van der Waals surface area (Å²) in [6.45, 7) is 1.47. The topological polar surface area (TPSA) is 98.3 Å². The van der Waals surface area contributed by atoms with E-state index in [4.69, 9.17) is 5.73 Å². The summed E-state index contributed by atoms with van der Waals surface area (Å²) in [4.78, 5) is 21.1. The first-order valence-corrected chi connectivity index (χ1v) is 4.79. The van der Waals surface area contributed by atoms with Gasteiger partial charge in [-0.3, -0.25) is 14.9 Å². The van der Waals surface area contributed by atoms with Gasteiger partial charge in [-0.05, 0) is 12.1 Å². The van der Waals surface area contributed by atoms with Crippen molar-refractivity contribution in [3.63, 3.8) is 0 Å². The molecule has 1 aromatic carbocycles. The summed E-state index contributed by atoms with van der Waals surface area (Å²) in [6.07, 6.45) is 0. The lowest BCUT2D eigenvalue weighted by Crippen LogP contribution is -2.08. The molecular formula is C11H11N3O3. The minimum Gasteiger partial charge on any atom is -0.321 e. The van der Waals surface area contributed by atoms with Gasteiger partial charge < -0.3 is 11.1 Å². The molecule has 0 radical (unpaired) electrons. The molecule has 0 bridgehead atoms. The molecule has 0 spiro atoms. The van der Waals surface area contributed by atoms with Crippen molar-refractivity contribution in [2.75, 3.05) is 11.9 Å². The van der Waals surface area contributed by atoms with Crippen molar-refractivity contribution in [2.24, 2.45) is 5.73 Å². The second kappa shape index (κ2) is 5.63. The van der Waals surface area contributed by atoms with E-state index in [0.717, 1.165) is 0 Å². The highest BCUT2D eigenvalue weighted by Crippen LogP contribution is 2.25. The Morgan fingerprint density at radius 1 is 1.59 bits per heavy atom. The highest BCUT2D eigenvalue weighted by atomic mass is 16.6. The number of benzene rings is 1. The molecule has 0 saturated carbocycles. The first kappa shape index (κ1) is 12.7. The fourth-order valence-electron chi connectivity index (χ4n) is 1.21. The first-order valence-electron chi connectivity index (χ1n) is 4.79. The molecule has 0 heterocycles. The van der Waals surface area contributed by atoms with Crippen molar-refractivity contribution >= 4 is 17.3 Å². The average molecular weight is 233 g/mol. The summed E-state index contributed by atoms with van der Waals surface area (Å²) in [7, 11) is 0. The third-order valence-corrected chi connectivity index (χ3v) is 1.84. The lowest BCUT2D eigenvalue weighted by Gasteiger charge is -2.03. The Morgan fingerprint density at radius 2 is 2.29 bits per heavy atom. The van der Waals surface area contributed by atoms with Crippen LogP contribution in [-0.2, 0) is 4.79 Å². The molecule has 0 aliphatic carbocycles. The first-order chi connectivity index (χ1) is 8.04. The molecule has 3 N–H and O–H groups in total. The Labute approximate surface area is 98.0 Å². The van der Waals surface area contributed by atoms with Gasteiger partial charge in [0, 0.05) is 18.6 Å². The van der Waals surface area contributed by atoms with Gasteiger partial charge in [-0.25, -0.2) is 0 Å². The maximum absolute atomic E-state index is 10.9. The van der Waals surface area contributed by atoms with E-state index in [1.165, 1.54) is 19.1 Å². The van der Waals surface area contributed by atoms with E-state index < -0.39 is 4.92 Å². The maximum Gasteiger partial charge on any atom is 0.293 e. The lowest BCUT2D eigenvalue weighted by atomic mass is 10.1. The van der Waals surface area contributed by atoms with E-state index in [1.54, 1.807) is 6.07 Å². The molecule has 0 saturated heterocycles. The van der Waals surface area contributed by atoms with Gasteiger partial charge in [0.1, 0.15) is 5.69 Å². The van der Waals surface area contributed by atoms with Gasteiger partial charge in [-0.1, -0.05) is 11.8 Å². The highest BCUT2D eigenvalue weighted by Gasteiger charge is 2.14. The number of carbonyl (C=O) groups excluding carboxylic acids is 1. The van der Waals surface area contributed by atoms with Crippen LogP contribution in [0.4, 0.5) is 11.4 Å². The molecule has 0 atom stereocenters. The van der Waals surface area contributed by atoms with Crippen molar-refractivity contribution in [1.82, 2.24) is 0 Å². The van der Waals surface area contributed by atoms with Gasteiger partial charge in [-0.15, -0.1) is 0 Å². The van der Waals surface area contributed by atoms with Crippen molar-refractivity contribution < 1.29 is 9.72 Å². The van der Waals surface area contributed by atoms with Gasteiger partial charge >= 0.3 is 0 Å². The van der Waals surface area contributed by atoms with E-state index >= 15 is 0 Å². The molecule has 1 aromatic rings. The third kappa shape index (κ3) is 3.59. The van der Waals surface area contributed by atoms with Crippen LogP contribution in [0.3, 0.4) is 0 Å². The Balaban J connectivity index is 3.17. The second-order valence-corrected chi connectivity index (χ2v) is 3.18. The summed E-state index contributed by atoms with van der Waals surface area (Å²) in [5.41, 5.74) is 5.65. The number of nitrogens with one attached hydrogen (secondary N) is 1. The minimum atomic E-state index is -0.571. The van der Waals surface area contributed by atoms with Crippen molar-refractivity contribution in [2.45, 2.75) is 6.92 Å². The average Bonchev–Trinajstić information content (AvgIpc) is 2.26. The Morgan fingerprint density at radius 3 is 2.82 bits per heavy atom. The fraction of sp³-hybridized carbons (Fsp3) is 0.182. The SMILES string of the molecule is CC(=O)Nc1ccc(C#CCN)cc1[N+](=O)[O-]. The Kier molecular flexibility index (Phi) is 4.20. The van der Waals surface area contributed by atoms with Crippen LogP contribution < -0.4 is 11.1 Å². The summed E-state index contributed by atoms with van der Waals surface area (Å²) >= 11 is 0. The standard InChI is InChI=1S/C11H11N3O3/c1-8(15)13-10-5-4-9(3-2-6-12)7-11(10)14(16)17/h4-5,7H,6,12H2,1H3,(H,13,15). The normalized spacial score (nSPS) is 9.06. The van der Waals surface area contributed by atoms with Crippen molar-refractivity contribution in [1.29, 1.82) is 0 Å². The van der Waals surface area contributed by atoms with Crippen LogP contribution in [0.2, 0.25) is 0 Å². The number of rotatable bonds is 2. The Hall–Kier alpha value is -2.39. The molecule has 1 rings (SSSR count). The van der Waals surface area contributed by atoms with Gasteiger partial charge in [0.25, 0.3) is 5.69 Å². The number of hydrogen-bond donors (Lipinski definition) is 2. The number of nitrogens with two attached hydrogens (primary N) is 1. The zero-order valence-corrected chi connectivity index (χ0v) is 9.19. The van der Waals surface area contributed by atoms with E-state index in [1.807, 2.05) is 0 Å². The van der Waals surface area contributed by atoms with Gasteiger partial charge in [-0.2, -0.15) is 0 Å². The van der Waals surface area contributed by atoms with Gasteiger partial charge in [0.15, 0.2) is 0 Å². The summed E-state index contributed by atoms with van der Waals surface area (Å²) in [6, 6.07) is 4.33. The van der Waals surface area contributed by atoms with Gasteiger partial charge in [0.05, 0.1) is 11.5 Å². The predicted octanol–water partition coefficient (Wildman–Crippen LogP) is 0.863. The van der Waals surface area contributed by atoms with Crippen LogP contribution in [0.1, 0.15) is 12.5 Å². The van der Waals surface area contributed by atoms with E-state index in [2.05, 4.69) is 17.2 Å². The zero-order chi connectivity index (χ0) is 12.8. The van der Waals surface area contributed by atoms with E-state index in [9.17, 15) is 14.9 Å². The molecule has 0 aromatic heterocycles. The molecule has 6 heteroatoms. The molecule has 0 aliphatic heterocycles. The van der Waals surface area contributed by atoms with Crippen molar-refractivity contribution in [3.05, 3.63) is 33.9 Å². The molecule has 6 nitrogen and oxygen atoms in total. The quantitative estimate of drug-likeness (QED) is 0.449. The number of anilines is 1. The third-order valence-electron chi connectivity index (χ3n) is 1.84. The minimum absolute atomic E-state index is 0.154. The summed E-state index contributed by atoms with van der Waals surface area (Å²) in [5.74, 6) is 4.92. The van der Waals surface area contributed by atoms with Crippen LogP contribution in [0, 0.1) is 22.0 Å². The van der Waals surface area contributed by atoms with Crippen LogP contribution >= 0.6 is 0 Å². The molecule has 0 fully saturated rings. The largest absolute Gasteiger partial charge is 0.321 e. The van der Waals surface area contributed by atoms with Crippen LogP contribution in [-0.4, -0.2) is 17.4 Å². The number of nitro benzene ring substituents is 1. The van der Waals surface area contributed by atoms with Crippen LogP contribution in [0.5, 0.6) is 0 Å². The molecule has 1 amide bonds. The second-order valence-electron chi connectivity index (χ2n) is 3.18. The number of carbonyl (C=O) groups is 1. The van der Waals surface area contributed by atoms with Crippen LogP contribution in [0.25, 0.3) is 0 Å². The number of hydrogen-bond acceptors (Lipinski definition) is 4. The van der Waals surface area contributed by atoms with Gasteiger partial charge in [0.2, 0.25) is 5.91 Å². The predicted molar refractivity (Wildman–Crippen MR) is 63.3 cm³/mol. The summed E-state index contributed by atoms with van der Waals surface area (Å²) < 4.78 is 0. The maximum atomic E-state index is 10.9. The van der Waals surface area contributed by atoms with Crippen LogP contribution in [0.15, 0.2) is 18.2 Å². The van der Waals surface area contributed by atoms with E-state index in [0.29, 0.717) is 5.56 Å². The number of nitrogens with zero attached hydrogens (tertiary/aromatic N) is 1. The smallest absolute Gasteiger partial charge is 0.293 e. The molecule has 17 heavy (non-hydrogen) atoms. The number of nitro groups is 1. The Bertz CT molecular complexity index is 514. The monoisotopic (exact) mass is 233 g/mol. The molecule has 0 aliphatic rings. The lowest BCUT2D eigenvalue weighted by molar-refractivity contribution is -0.383. The highest BCUT2D eigenvalue weighted by molar-refractivity contribution is 5.91. The summed E-state index contributed by atoms with van der Waals surface area (Å²) in [5, 5.41) is 13.2. The molecule has 88 valence electrons. The molecule has 0 unspecified atom stereocenters. The fourth-order valence-corrected chi connectivity index (χ4v) is 1.21. The van der Waals surface area contributed by atoms with Crippen molar-refractivity contribution in [3.8, 4) is 11.8 Å².